The molecule has 0 spiro atoms. The lowest BCUT2D eigenvalue weighted by Gasteiger charge is -2.26. The number of ketones is 1. The Morgan fingerprint density at radius 1 is 1.08 bits per heavy atom. The molecule has 2 heterocycles. The molecule has 2 aromatic carbocycles. The predicted molar refractivity (Wildman–Crippen MR) is 107 cm³/mol. The molecular formula is C21H22N2O2S. The summed E-state index contributed by atoms with van der Waals surface area (Å²) in [5, 5.41) is 3.52. The van der Waals surface area contributed by atoms with Crippen LogP contribution in [0.5, 0.6) is 0 Å². The van der Waals surface area contributed by atoms with Crippen molar-refractivity contribution in [2.45, 2.75) is 4.90 Å². The third-order valence-electron chi connectivity index (χ3n) is 4.67. The Hall–Kier alpha value is -2.08. The molecule has 2 aromatic rings. The van der Waals surface area contributed by atoms with Crippen LogP contribution in [-0.2, 0) is 4.74 Å². The Kier molecular flexibility index (Phi) is 5.39. The van der Waals surface area contributed by atoms with Crippen molar-refractivity contribution in [3.05, 3.63) is 64.6 Å². The second kappa shape index (κ2) is 8.08. The summed E-state index contributed by atoms with van der Waals surface area (Å²) in [4.78, 5) is 16.8. The molecule has 0 saturated carbocycles. The highest BCUT2D eigenvalue weighted by Crippen LogP contribution is 2.41. The van der Waals surface area contributed by atoms with Crippen LogP contribution in [0.2, 0.25) is 0 Å². The second-order valence-electron chi connectivity index (χ2n) is 6.40. The van der Waals surface area contributed by atoms with E-state index in [-0.39, 0.29) is 5.78 Å². The summed E-state index contributed by atoms with van der Waals surface area (Å²) in [6, 6.07) is 16.0. The number of ether oxygens (including phenoxy) is 1. The van der Waals surface area contributed by atoms with E-state index in [1.165, 1.54) is 0 Å². The van der Waals surface area contributed by atoms with Crippen LogP contribution in [0.1, 0.15) is 15.9 Å². The fraction of sp³-hybridized carbons (Fsp3) is 0.286. The molecule has 4 rings (SSSR count). The first-order chi connectivity index (χ1) is 12.8. The Morgan fingerprint density at radius 2 is 1.85 bits per heavy atom. The standard InChI is InChI=1S/C21H22N2O2S/c24-21-17-6-2-4-8-19(17)26-20(21)15-16-5-1-3-7-18(16)22-9-10-23-11-13-25-14-12-23/h1-8,15,22H,9-14H2. The Bertz CT molecular complexity index is 828. The second-order valence-corrected chi connectivity index (χ2v) is 7.49. The van der Waals surface area contributed by atoms with E-state index in [0.717, 1.165) is 66.0 Å². The molecule has 134 valence electrons. The topological polar surface area (TPSA) is 41.6 Å². The summed E-state index contributed by atoms with van der Waals surface area (Å²) in [6.45, 7) is 5.51. The molecule has 1 N–H and O–H groups in total. The fourth-order valence-corrected chi connectivity index (χ4v) is 4.28. The summed E-state index contributed by atoms with van der Waals surface area (Å²) >= 11 is 1.56. The lowest BCUT2D eigenvalue weighted by atomic mass is 10.1. The van der Waals surface area contributed by atoms with Crippen LogP contribution >= 0.6 is 11.8 Å². The van der Waals surface area contributed by atoms with Crippen molar-refractivity contribution in [1.82, 2.24) is 4.90 Å². The number of anilines is 1. The molecule has 5 heteroatoms. The minimum absolute atomic E-state index is 0.119. The van der Waals surface area contributed by atoms with Gasteiger partial charge in [-0.05, 0) is 29.8 Å². The molecular weight excluding hydrogens is 344 g/mol. The lowest BCUT2D eigenvalue weighted by Crippen LogP contribution is -2.39. The van der Waals surface area contributed by atoms with Crippen LogP contribution in [0, 0.1) is 0 Å². The maximum Gasteiger partial charge on any atom is 0.200 e. The van der Waals surface area contributed by atoms with Gasteiger partial charge in [0.2, 0.25) is 5.78 Å². The number of thioether (sulfide) groups is 1. The number of hydrogen-bond donors (Lipinski definition) is 1. The average molecular weight is 366 g/mol. The molecule has 0 amide bonds. The van der Waals surface area contributed by atoms with Crippen molar-refractivity contribution in [3.63, 3.8) is 0 Å². The van der Waals surface area contributed by atoms with Gasteiger partial charge in [0.15, 0.2) is 0 Å². The van der Waals surface area contributed by atoms with Crippen molar-refractivity contribution < 1.29 is 9.53 Å². The molecule has 0 aliphatic carbocycles. The third-order valence-corrected chi connectivity index (χ3v) is 5.77. The van der Waals surface area contributed by atoms with Crippen molar-refractivity contribution in [2.24, 2.45) is 0 Å². The Labute approximate surface area is 158 Å². The van der Waals surface area contributed by atoms with Gasteiger partial charge in [0.05, 0.1) is 18.1 Å². The van der Waals surface area contributed by atoms with Crippen molar-refractivity contribution >= 4 is 29.3 Å². The number of Topliss-reactive ketones (excluding diaryl/α,β-unsaturated/α-hetero) is 1. The van der Waals surface area contributed by atoms with Crippen LogP contribution in [-0.4, -0.2) is 50.1 Å². The number of hydrogen-bond acceptors (Lipinski definition) is 5. The number of morpholine rings is 1. The number of nitrogens with one attached hydrogen (secondary N) is 1. The third kappa shape index (κ3) is 3.85. The van der Waals surface area contributed by atoms with Gasteiger partial charge in [-0.1, -0.05) is 42.1 Å². The van der Waals surface area contributed by atoms with Gasteiger partial charge in [0, 0.05) is 42.3 Å². The minimum atomic E-state index is 0.119. The molecule has 1 saturated heterocycles. The highest BCUT2D eigenvalue weighted by molar-refractivity contribution is 8.04. The van der Waals surface area contributed by atoms with Crippen LogP contribution in [0.15, 0.2) is 58.3 Å². The van der Waals surface area contributed by atoms with Crippen molar-refractivity contribution in [3.8, 4) is 0 Å². The number of carbonyl (C=O) groups excluding carboxylic acids is 1. The summed E-state index contributed by atoms with van der Waals surface area (Å²) in [5.41, 5.74) is 2.93. The zero-order chi connectivity index (χ0) is 17.8. The average Bonchev–Trinajstić information content (AvgIpc) is 3.00. The maximum atomic E-state index is 12.6. The highest BCUT2D eigenvalue weighted by Gasteiger charge is 2.25. The van der Waals surface area contributed by atoms with E-state index in [9.17, 15) is 4.79 Å². The first kappa shape index (κ1) is 17.3. The van der Waals surface area contributed by atoms with Gasteiger partial charge in [0.1, 0.15) is 0 Å². The van der Waals surface area contributed by atoms with E-state index in [0.29, 0.717) is 0 Å². The number of allylic oxidation sites excluding steroid dienone is 1. The summed E-state index contributed by atoms with van der Waals surface area (Å²) in [6.07, 6.45) is 2.00. The molecule has 0 radical (unpaired) electrons. The molecule has 2 aliphatic heterocycles. The number of nitrogens with zero attached hydrogens (tertiary/aromatic N) is 1. The largest absolute Gasteiger partial charge is 0.383 e. The molecule has 4 nitrogen and oxygen atoms in total. The highest BCUT2D eigenvalue weighted by atomic mass is 32.2. The first-order valence-electron chi connectivity index (χ1n) is 8.97. The number of benzene rings is 2. The molecule has 26 heavy (non-hydrogen) atoms. The van der Waals surface area contributed by atoms with E-state index in [4.69, 9.17) is 4.74 Å². The van der Waals surface area contributed by atoms with Crippen LogP contribution in [0.4, 0.5) is 5.69 Å². The summed E-state index contributed by atoms with van der Waals surface area (Å²) < 4.78 is 5.39. The van der Waals surface area contributed by atoms with E-state index >= 15 is 0 Å². The fourth-order valence-electron chi connectivity index (χ4n) is 3.23. The molecule has 2 aliphatic rings. The van der Waals surface area contributed by atoms with Gasteiger partial charge in [-0.15, -0.1) is 0 Å². The smallest absolute Gasteiger partial charge is 0.200 e. The van der Waals surface area contributed by atoms with E-state index in [2.05, 4.69) is 22.3 Å². The molecule has 1 fully saturated rings. The Balaban J connectivity index is 1.45. The number of fused-ring (bicyclic) bond motifs is 1. The predicted octanol–water partition coefficient (Wildman–Crippen LogP) is 3.76. The number of carbonyl (C=O) groups is 1. The van der Waals surface area contributed by atoms with Gasteiger partial charge in [0.25, 0.3) is 0 Å². The van der Waals surface area contributed by atoms with E-state index in [1.807, 2.05) is 42.5 Å². The molecule has 0 aromatic heterocycles. The monoisotopic (exact) mass is 366 g/mol. The van der Waals surface area contributed by atoms with Gasteiger partial charge in [-0.2, -0.15) is 0 Å². The van der Waals surface area contributed by atoms with E-state index in [1.54, 1.807) is 11.8 Å². The minimum Gasteiger partial charge on any atom is -0.383 e. The number of rotatable bonds is 5. The Morgan fingerprint density at radius 3 is 2.69 bits per heavy atom. The van der Waals surface area contributed by atoms with Crippen LogP contribution in [0.3, 0.4) is 0 Å². The zero-order valence-corrected chi connectivity index (χ0v) is 15.4. The summed E-state index contributed by atoms with van der Waals surface area (Å²) in [7, 11) is 0. The maximum absolute atomic E-state index is 12.6. The van der Waals surface area contributed by atoms with Crippen molar-refractivity contribution in [1.29, 1.82) is 0 Å². The van der Waals surface area contributed by atoms with Gasteiger partial charge in [-0.25, -0.2) is 0 Å². The lowest BCUT2D eigenvalue weighted by molar-refractivity contribution is 0.0398. The SMILES string of the molecule is O=C1C(=Cc2ccccc2NCCN2CCOCC2)Sc2ccccc21. The normalized spacial score (nSPS) is 18.9. The van der Waals surface area contributed by atoms with Gasteiger partial charge < -0.3 is 10.1 Å². The van der Waals surface area contributed by atoms with Gasteiger partial charge in [-0.3, -0.25) is 9.69 Å². The molecule has 0 bridgehead atoms. The van der Waals surface area contributed by atoms with Gasteiger partial charge >= 0.3 is 0 Å². The van der Waals surface area contributed by atoms with Crippen LogP contribution in [0.25, 0.3) is 6.08 Å². The van der Waals surface area contributed by atoms with Crippen LogP contribution < -0.4 is 5.32 Å². The molecule has 0 atom stereocenters. The van der Waals surface area contributed by atoms with Crippen molar-refractivity contribution in [2.75, 3.05) is 44.7 Å². The molecule has 0 unspecified atom stereocenters. The zero-order valence-electron chi connectivity index (χ0n) is 14.6. The first-order valence-corrected chi connectivity index (χ1v) is 9.79. The quantitative estimate of drug-likeness (QED) is 0.816. The summed E-state index contributed by atoms with van der Waals surface area (Å²) in [5.74, 6) is 0.119. The van der Waals surface area contributed by atoms with E-state index < -0.39 is 0 Å². The number of para-hydroxylation sites is 1.